The van der Waals surface area contributed by atoms with Crippen LogP contribution in [-0.4, -0.2) is 0 Å². The van der Waals surface area contributed by atoms with Crippen molar-refractivity contribution in [1.29, 1.82) is 0 Å². The van der Waals surface area contributed by atoms with E-state index in [9.17, 15) is 0 Å². The second kappa shape index (κ2) is 5.57. The number of halogens is 2. The average molecular weight is 271 g/mol. The molecule has 11 heavy (non-hydrogen) atoms. The molecule has 63 valence electrons. The van der Waals surface area contributed by atoms with E-state index in [-0.39, 0.29) is 24.8 Å². The van der Waals surface area contributed by atoms with Crippen LogP contribution in [0.3, 0.4) is 0 Å². The van der Waals surface area contributed by atoms with E-state index in [2.05, 4.69) is 26.8 Å². The van der Waals surface area contributed by atoms with Crippen LogP contribution in [0.4, 0.5) is 0 Å². The molecule has 0 bridgehead atoms. The molecule has 0 radical (unpaired) electrons. The molecule has 3 heteroatoms. The predicted molar refractivity (Wildman–Crippen MR) is 50.1 cm³/mol. The molecule has 0 nitrogen and oxygen atoms in total. The van der Waals surface area contributed by atoms with E-state index in [0.717, 1.165) is 5.92 Å². The van der Waals surface area contributed by atoms with Gasteiger partial charge in [-0.1, -0.05) is 0 Å². The summed E-state index contributed by atoms with van der Waals surface area (Å²) in [6, 6.07) is 0. The normalized spacial score (nSPS) is 22.0. The van der Waals surface area contributed by atoms with E-state index >= 15 is 0 Å². The summed E-state index contributed by atoms with van der Waals surface area (Å²) in [5.74, 6) is 0.739. The summed E-state index contributed by atoms with van der Waals surface area (Å²) >= 11 is 1.58. The summed E-state index contributed by atoms with van der Waals surface area (Å²) in [4.78, 5) is 0. The molecule has 1 aliphatic rings. The number of allylic oxidation sites excluding steroid dienone is 4. The molecular formula is C8H13Cl2Zr. The monoisotopic (exact) mass is 269 g/mol. The van der Waals surface area contributed by atoms with Crippen LogP contribution in [0.5, 0.6) is 0 Å². The number of hydrogen-bond donors (Lipinski definition) is 0. The van der Waals surface area contributed by atoms with E-state index < -0.39 is 0 Å². The van der Waals surface area contributed by atoms with Gasteiger partial charge in [-0.15, -0.1) is 24.8 Å². The van der Waals surface area contributed by atoms with Gasteiger partial charge in [-0.05, 0) is 0 Å². The molecule has 0 amide bonds. The quantitative estimate of drug-likeness (QED) is 0.634. The fourth-order valence-electron chi connectivity index (χ4n) is 1.11. The molecule has 0 heterocycles. The molecule has 0 aromatic heterocycles. The van der Waals surface area contributed by atoms with Gasteiger partial charge < -0.3 is 0 Å². The predicted octanol–water partition coefficient (Wildman–Crippen LogP) is 3.25. The summed E-state index contributed by atoms with van der Waals surface area (Å²) in [5, 5.41) is 0. The average Bonchev–Trinajstić information content (AvgIpc) is 1.98. The van der Waals surface area contributed by atoms with Crippen molar-refractivity contribution in [3.8, 4) is 0 Å². The first-order valence-corrected chi connectivity index (χ1v) is 4.46. The minimum Gasteiger partial charge on any atom is -0.147 e. The first-order chi connectivity index (χ1) is 4.13. The Morgan fingerprint density at radius 2 is 1.73 bits per heavy atom. The van der Waals surface area contributed by atoms with Crippen molar-refractivity contribution < 1.29 is 24.7 Å². The first-order valence-electron chi connectivity index (χ1n) is 3.23. The maximum Gasteiger partial charge on any atom is -0.147 e. The van der Waals surface area contributed by atoms with E-state index in [1.807, 2.05) is 0 Å². The second-order valence-corrected chi connectivity index (χ2v) is 4.03. The van der Waals surface area contributed by atoms with Gasteiger partial charge >= 0.3 is 71.9 Å². The van der Waals surface area contributed by atoms with Crippen molar-refractivity contribution in [1.82, 2.24) is 0 Å². The molecule has 0 saturated carbocycles. The summed E-state index contributed by atoms with van der Waals surface area (Å²) in [7, 11) is 0. The Morgan fingerprint density at radius 3 is 1.82 bits per heavy atom. The Balaban J connectivity index is 0. The zero-order valence-electron chi connectivity index (χ0n) is 6.97. The molecule has 0 aromatic rings. The van der Waals surface area contributed by atoms with E-state index in [1.165, 1.54) is 11.1 Å². The van der Waals surface area contributed by atoms with Gasteiger partial charge in [0, 0.05) is 0 Å². The van der Waals surface area contributed by atoms with Crippen LogP contribution in [-0.2, 0) is 24.7 Å². The van der Waals surface area contributed by atoms with Gasteiger partial charge in [0.15, 0.2) is 0 Å². The third kappa shape index (κ3) is 3.05. The van der Waals surface area contributed by atoms with Crippen LogP contribution in [0, 0.1) is 5.92 Å². The van der Waals surface area contributed by atoms with Gasteiger partial charge in [0.25, 0.3) is 0 Å². The second-order valence-electron chi connectivity index (χ2n) is 2.71. The Labute approximate surface area is 96.2 Å². The largest absolute Gasteiger partial charge is 0.147 e. The zero-order valence-corrected chi connectivity index (χ0v) is 11.1. The third-order valence-corrected chi connectivity index (χ3v) is 4.02. The Bertz CT molecular complexity index is 194. The van der Waals surface area contributed by atoms with Crippen molar-refractivity contribution >= 4 is 24.8 Å². The Hall–Kier alpha value is 0.943. The minimum absolute atomic E-state index is 0. The van der Waals surface area contributed by atoms with Gasteiger partial charge in [-0.25, -0.2) is 0 Å². The molecule has 1 rings (SSSR count). The molecule has 1 aliphatic carbocycles. The summed E-state index contributed by atoms with van der Waals surface area (Å²) < 4.78 is 1.62. The molecule has 1 unspecified atom stereocenters. The fourth-order valence-corrected chi connectivity index (χ4v) is 1.85. The van der Waals surface area contributed by atoms with Crippen LogP contribution in [0.1, 0.15) is 20.8 Å². The van der Waals surface area contributed by atoms with E-state index in [0.29, 0.717) is 0 Å². The third-order valence-electron chi connectivity index (χ3n) is 1.99. The van der Waals surface area contributed by atoms with Crippen LogP contribution < -0.4 is 0 Å². The first kappa shape index (κ1) is 14.5. The van der Waals surface area contributed by atoms with Gasteiger partial charge in [0.2, 0.25) is 0 Å². The molecule has 0 saturated heterocycles. The summed E-state index contributed by atoms with van der Waals surface area (Å²) in [6.07, 6.45) is 2.30. The number of hydrogen-bond acceptors (Lipinski definition) is 0. The SMILES string of the molecule is CC1=CC(C)=[C]([Zr])C1C.Cl.Cl. The summed E-state index contributed by atoms with van der Waals surface area (Å²) in [6.45, 7) is 6.70. The minimum atomic E-state index is 0. The molecule has 0 spiro atoms. The van der Waals surface area contributed by atoms with Crippen LogP contribution in [0.25, 0.3) is 0 Å². The van der Waals surface area contributed by atoms with Gasteiger partial charge in [0.1, 0.15) is 0 Å². The van der Waals surface area contributed by atoms with Crippen LogP contribution in [0.15, 0.2) is 20.5 Å². The zero-order chi connectivity index (χ0) is 7.02. The van der Waals surface area contributed by atoms with Gasteiger partial charge in [-0.3, -0.25) is 0 Å². The van der Waals surface area contributed by atoms with Crippen LogP contribution in [0.2, 0.25) is 0 Å². The summed E-state index contributed by atoms with van der Waals surface area (Å²) in [5.41, 5.74) is 3.03. The van der Waals surface area contributed by atoms with Crippen LogP contribution >= 0.6 is 24.8 Å². The molecule has 0 N–H and O–H groups in total. The number of rotatable bonds is 0. The van der Waals surface area contributed by atoms with E-state index in [1.54, 1.807) is 28.0 Å². The fraction of sp³-hybridized carbons (Fsp3) is 0.500. The van der Waals surface area contributed by atoms with Crippen molar-refractivity contribution in [2.75, 3.05) is 0 Å². The molecular weight excluding hydrogens is 258 g/mol. The molecule has 1 atom stereocenters. The Kier molecular flexibility index (Phi) is 7.32. The maximum absolute atomic E-state index is 2.30. The van der Waals surface area contributed by atoms with E-state index in [4.69, 9.17) is 0 Å². The van der Waals surface area contributed by atoms with Crippen molar-refractivity contribution in [2.45, 2.75) is 20.8 Å². The van der Waals surface area contributed by atoms with Crippen molar-refractivity contribution in [3.05, 3.63) is 20.5 Å². The van der Waals surface area contributed by atoms with Gasteiger partial charge in [0.05, 0.1) is 0 Å². The van der Waals surface area contributed by atoms with Gasteiger partial charge in [-0.2, -0.15) is 0 Å². The molecule has 0 fully saturated rings. The van der Waals surface area contributed by atoms with Crippen molar-refractivity contribution in [2.24, 2.45) is 5.92 Å². The Morgan fingerprint density at radius 1 is 1.27 bits per heavy atom. The topological polar surface area (TPSA) is 0 Å². The van der Waals surface area contributed by atoms with Crippen molar-refractivity contribution in [3.63, 3.8) is 0 Å². The maximum atomic E-state index is 2.30. The smallest absolute Gasteiger partial charge is 0.147 e. The molecule has 0 aliphatic heterocycles. The molecule has 0 aromatic carbocycles. The standard InChI is InChI=1S/C8H11.2ClH.Zr/c1-6-4-7(2)8(3)5-6;;;/h4,8H,1-3H3;2*1H;.